The van der Waals surface area contributed by atoms with Gasteiger partial charge in [0.2, 0.25) is 0 Å². The number of carboxylic acids is 1. The molecule has 102 valence electrons. The molecule has 0 saturated carbocycles. The fourth-order valence-corrected chi connectivity index (χ4v) is 2.54. The van der Waals surface area contributed by atoms with Gasteiger partial charge in [0, 0.05) is 6.42 Å². The predicted molar refractivity (Wildman–Crippen MR) is 70.5 cm³/mol. The highest BCUT2D eigenvalue weighted by Gasteiger charge is 2.40. The number of ether oxygens (including phenoxy) is 1. The number of ketones is 1. The second kappa shape index (κ2) is 4.68. The van der Waals surface area contributed by atoms with E-state index in [-0.39, 0.29) is 5.78 Å². The summed E-state index contributed by atoms with van der Waals surface area (Å²) in [6.07, 6.45) is 4.21. The summed E-state index contributed by atoms with van der Waals surface area (Å²) in [5, 5.41) is 8.97. The van der Waals surface area contributed by atoms with Crippen molar-refractivity contribution in [3.8, 4) is 0 Å². The maximum absolute atomic E-state index is 12.3. The van der Waals surface area contributed by atoms with Crippen molar-refractivity contribution < 1.29 is 19.4 Å². The summed E-state index contributed by atoms with van der Waals surface area (Å²) < 4.78 is 5.35. The second-order valence-electron chi connectivity index (χ2n) is 5.33. The first-order chi connectivity index (χ1) is 8.87. The number of hydrogen-bond donors (Lipinski definition) is 1. The average Bonchev–Trinajstić information content (AvgIpc) is 2.79. The number of carbonyl (C=O) groups is 2. The zero-order valence-corrected chi connectivity index (χ0v) is 11.2. The van der Waals surface area contributed by atoms with E-state index in [2.05, 4.69) is 6.58 Å². The Morgan fingerprint density at radius 1 is 1.58 bits per heavy atom. The maximum atomic E-state index is 12.3. The summed E-state index contributed by atoms with van der Waals surface area (Å²) >= 11 is 0. The minimum absolute atomic E-state index is 0.0246. The van der Waals surface area contributed by atoms with Crippen LogP contribution in [0.15, 0.2) is 35.6 Å². The highest BCUT2D eigenvalue weighted by atomic mass is 16.5. The Morgan fingerprint density at radius 3 is 2.84 bits per heavy atom. The largest absolute Gasteiger partial charge is 0.478 e. The van der Waals surface area contributed by atoms with Crippen LogP contribution in [0.25, 0.3) is 0 Å². The zero-order chi connectivity index (χ0) is 14.2. The molecule has 0 saturated heterocycles. The Morgan fingerprint density at radius 2 is 2.26 bits per heavy atom. The van der Waals surface area contributed by atoms with Gasteiger partial charge in [0.15, 0.2) is 11.9 Å². The van der Waals surface area contributed by atoms with Gasteiger partial charge in [0.1, 0.15) is 5.76 Å². The number of carboxylic acid groups (broad SMARTS) is 1. The van der Waals surface area contributed by atoms with Crippen LogP contribution in [0.1, 0.15) is 33.1 Å². The van der Waals surface area contributed by atoms with Gasteiger partial charge in [-0.05, 0) is 37.0 Å². The van der Waals surface area contributed by atoms with Crippen LogP contribution in [0.2, 0.25) is 0 Å². The standard InChI is InChI=1S/C15H18O4/c1-4-9(2)13(16)15(3)6-5-11-10(8-15)7-12(19-11)14(17)18/h5-6,12H,2,4,7-8H2,1,3H3,(H,17,18). The Kier molecular flexibility index (Phi) is 3.35. The van der Waals surface area contributed by atoms with Crippen molar-refractivity contribution in [2.75, 3.05) is 0 Å². The molecule has 1 N–H and O–H groups in total. The average molecular weight is 262 g/mol. The lowest BCUT2D eigenvalue weighted by Crippen LogP contribution is -2.29. The number of Topliss-reactive ketones (excluding diaryl/α,β-unsaturated/α-hetero) is 1. The van der Waals surface area contributed by atoms with Crippen LogP contribution in [0.4, 0.5) is 0 Å². The van der Waals surface area contributed by atoms with Crippen molar-refractivity contribution in [3.05, 3.63) is 35.6 Å². The molecule has 2 rings (SSSR count). The molecular formula is C15H18O4. The van der Waals surface area contributed by atoms with Gasteiger partial charge in [-0.1, -0.05) is 19.6 Å². The fourth-order valence-electron chi connectivity index (χ4n) is 2.54. The van der Waals surface area contributed by atoms with E-state index in [0.29, 0.717) is 30.6 Å². The molecule has 2 aliphatic rings. The van der Waals surface area contributed by atoms with E-state index < -0.39 is 17.5 Å². The highest BCUT2D eigenvalue weighted by molar-refractivity contribution is 6.00. The molecule has 0 aromatic heterocycles. The number of rotatable bonds is 4. The predicted octanol–water partition coefficient (Wildman–Crippen LogP) is 2.62. The van der Waals surface area contributed by atoms with Crippen LogP contribution < -0.4 is 0 Å². The molecule has 0 aromatic carbocycles. The minimum Gasteiger partial charge on any atom is -0.478 e. The summed E-state index contributed by atoms with van der Waals surface area (Å²) in [6, 6.07) is 0. The van der Waals surface area contributed by atoms with Gasteiger partial charge in [-0.25, -0.2) is 4.79 Å². The van der Waals surface area contributed by atoms with E-state index in [1.54, 1.807) is 12.2 Å². The van der Waals surface area contributed by atoms with Crippen LogP contribution in [-0.4, -0.2) is 23.0 Å². The van der Waals surface area contributed by atoms with E-state index in [9.17, 15) is 9.59 Å². The van der Waals surface area contributed by atoms with Crippen LogP contribution in [0.3, 0.4) is 0 Å². The summed E-state index contributed by atoms with van der Waals surface area (Å²) in [4.78, 5) is 23.3. The Balaban J connectivity index is 2.17. The fraction of sp³-hybridized carbons (Fsp3) is 0.467. The number of aliphatic carboxylic acids is 1. The van der Waals surface area contributed by atoms with E-state index in [1.807, 2.05) is 13.8 Å². The van der Waals surface area contributed by atoms with Gasteiger partial charge in [-0.15, -0.1) is 0 Å². The monoisotopic (exact) mass is 262 g/mol. The summed E-state index contributed by atoms with van der Waals surface area (Å²) in [7, 11) is 0. The zero-order valence-electron chi connectivity index (χ0n) is 11.2. The highest BCUT2D eigenvalue weighted by Crippen LogP contribution is 2.42. The molecule has 2 unspecified atom stereocenters. The molecule has 1 heterocycles. The van der Waals surface area contributed by atoms with E-state index in [1.165, 1.54) is 0 Å². The third kappa shape index (κ3) is 2.35. The van der Waals surface area contributed by atoms with Gasteiger partial charge in [0.05, 0.1) is 5.41 Å². The SMILES string of the molecule is C=C(CC)C(=O)C1(C)C=CC2=C(CC(C(=O)O)O2)C1. The molecule has 2 atom stereocenters. The van der Waals surface area contributed by atoms with Gasteiger partial charge in [0.25, 0.3) is 0 Å². The van der Waals surface area contributed by atoms with Crippen molar-refractivity contribution in [2.45, 2.75) is 39.2 Å². The normalized spacial score (nSPS) is 28.8. The summed E-state index contributed by atoms with van der Waals surface area (Å²) in [5.41, 5.74) is 0.891. The van der Waals surface area contributed by atoms with Crippen molar-refractivity contribution in [1.82, 2.24) is 0 Å². The van der Waals surface area contributed by atoms with Crippen LogP contribution >= 0.6 is 0 Å². The Labute approximate surface area is 112 Å². The molecule has 4 heteroatoms. The van der Waals surface area contributed by atoms with Crippen LogP contribution in [0, 0.1) is 5.41 Å². The van der Waals surface area contributed by atoms with Gasteiger partial charge >= 0.3 is 5.97 Å². The third-order valence-electron chi connectivity index (χ3n) is 3.77. The second-order valence-corrected chi connectivity index (χ2v) is 5.33. The van der Waals surface area contributed by atoms with Crippen molar-refractivity contribution in [3.63, 3.8) is 0 Å². The molecule has 1 aliphatic heterocycles. The molecule has 0 aromatic rings. The molecule has 0 radical (unpaired) electrons. The third-order valence-corrected chi connectivity index (χ3v) is 3.77. The molecule has 4 nitrogen and oxygen atoms in total. The lowest BCUT2D eigenvalue weighted by molar-refractivity contribution is -0.146. The van der Waals surface area contributed by atoms with Crippen LogP contribution in [-0.2, 0) is 14.3 Å². The molecule has 19 heavy (non-hydrogen) atoms. The van der Waals surface area contributed by atoms with Crippen molar-refractivity contribution in [1.29, 1.82) is 0 Å². The smallest absolute Gasteiger partial charge is 0.345 e. The number of carbonyl (C=O) groups excluding carboxylic acids is 1. The molecule has 0 amide bonds. The first kappa shape index (κ1) is 13.6. The van der Waals surface area contributed by atoms with Gasteiger partial charge < -0.3 is 9.84 Å². The molecule has 0 fully saturated rings. The van der Waals surface area contributed by atoms with Gasteiger partial charge in [-0.2, -0.15) is 0 Å². The Bertz CT molecular complexity index is 512. The lowest BCUT2D eigenvalue weighted by Gasteiger charge is -2.28. The number of hydrogen-bond acceptors (Lipinski definition) is 3. The summed E-state index contributed by atoms with van der Waals surface area (Å²) in [5.74, 6) is -0.329. The maximum Gasteiger partial charge on any atom is 0.345 e. The van der Waals surface area contributed by atoms with Gasteiger partial charge in [-0.3, -0.25) is 4.79 Å². The lowest BCUT2D eigenvalue weighted by atomic mass is 9.73. The van der Waals surface area contributed by atoms with E-state index in [4.69, 9.17) is 9.84 Å². The number of allylic oxidation sites excluding steroid dienone is 3. The molecule has 0 spiro atoms. The molecule has 0 bridgehead atoms. The minimum atomic E-state index is -0.964. The molecule has 1 aliphatic carbocycles. The molecular weight excluding hydrogens is 244 g/mol. The van der Waals surface area contributed by atoms with E-state index in [0.717, 1.165) is 5.57 Å². The first-order valence-electron chi connectivity index (χ1n) is 6.40. The van der Waals surface area contributed by atoms with Crippen molar-refractivity contribution >= 4 is 11.8 Å². The first-order valence-corrected chi connectivity index (χ1v) is 6.40. The topological polar surface area (TPSA) is 63.6 Å². The van der Waals surface area contributed by atoms with Crippen molar-refractivity contribution in [2.24, 2.45) is 5.41 Å². The Hall–Kier alpha value is -1.84. The van der Waals surface area contributed by atoms with E-state index >= 15 is 0 Å². The summed E-state index contributed by atoms with van der Waals surface area (Å²) in [6.45, 7) is 7.57. The quantitative estimate of drug-likeness (QED) is 0.791. The van der Waals surface area contributed by atoms with Crippen LogP contribution in [0.5, 0.6) is 0 Å².